The van der Waals surface area contributed by atoms with E-state index in [-0.39, 0.29) is 5.63 Å². The lowest BCUT2D eigenvalue weighted by molar-refractivity contribution is 0.0880. The molecule has 0 atom stereocenters. The predicted octanol–water partition coefficient (Wildman–Crippen LogP) is 4.81. The van der Waals surface area contributed by atoms with Crippen molar-refractivity contribution in [1.82, 2.24) is 4.90 Å². The molecule has 1 aliphatic heterocycles. The third-order valence-electron chi connectivity index (χ3n) is 5.82. The van der Waals surface area contributed by atoms with E-state index < -0.39 is 0 Å². The largest absolute Gasteiger partial charge is 0.493 e. The number of hydrogen-bond donors (Lipinski definition) is 0. The van der Waals surface area contributed by atoms with Crippen LogP contribution in [0.3, 0.4) is 0 Å². The van der Waals surface area contributed by atoms with Crippen molar-refractivity contribution in [3.8, 4) is 17.2 Å². The quantitative estimate of drug-likeness (QED) is 0.508. The molecule has 1 aliphatic rings. The molecule has 0 fully saturated rings. The van der Waals surface area contributed by atoms with Crippen LogP contribution < -0.4 is 19.8 Å². The second-order valence-electron chi connectivity index (χ2n) is 8.01. The first-order valence-corrected chi connectivity index (χ1v) is 10.7. The highest BCUT2D eigenvalue weighted by molar-refractivity contribution is 5.86. The summed E-state index contributed by atoms with van der Waals surface area (Å²) in [6, 6.07) is 9.73. The first-order chi connectivity index (χ1) is 15.0. The van der Waals surface area contributed by atoms with Gasteiger partial charge in [-0.2, -0.15) is 0 Å². The molecular formula is C25H29NO5. The third-order valence-corrected chi connectivity index (χ3v) is 5.82. The van der Waals surface area contributed by atoms with Gasteiger partial charge < -0.3 is 18.6 Å². The summed E-state index contributed by atoms with van der Waals surface area (Å²) < 4.78 is 22.5. The molecule has 6 heteroatoms. The Kier molecular flexibility index (Phi) is 6.18. The van der Waals surface area contributed by atoms with Crippen molar-refractivity contribution in [3.63, 3.8) is 0 Å². The number of hydrogen-bond acceptors (Lipinski definition) is 6. The second kappa shape index (κ2) is 9.02. The Hall–Kier alpha value is -2.99. The van der Waals surface area contributed by atoms with Gasteiger partial charge in [0.2, 0.25) is 0 Å². The van der Waals surface area contributed by atoms with E-state index in [1.54, 1.807) is 20.3 Å². The van der Waals surface area contributed by atoms with Crippen molar-refractivity contribution in [2.75, 3.05) is 21.0 Å². The lowest BCUT2D eigenvalue weighted by Gasteiger charge is -2.30. The fraction of sp³-hybridized carbons (Fsp3) is 0.400. The molecule has 0 unspecified atom stereocenters. The van der Waals surface area contributed by atoms with Gasteiger partial charge in [0, 0.05) is 35.7 Å². The highest BCUT2D eigenvalue weighted by atomic mass is 16.5. The zero-order valence-electron chi connectivity index (χ0n) is 18.6. The van der Waals surface area contributed by atoms with E-state index in [9.17, 15) is 4.79 Å². The van der Waals surface area contributed by atoms with Crippen molar-refractivity contribution in [1.29, 1.82) is 0 Å². The van der Waals surface area contributed by atoms with E-state index in [1.165, 1.54) is 0 Å². The van der Waals surface area contributed by atoms with Crippen LogP contribution in [0.5, 0.6) is 17.2 Å². The molecule has 3 aromatic rings. The molecule has 0 saturated heterocycles. The van der Waals surface area contributed by atoms with Crippen LogP contribution in [-0.2, 0) is 19.5 Å². The maximum absolute atomic E-state index is 12.1. The van der Waals surface area contributed by atoms with Gasteiger partial charge in [0.15, 0.2) is 11.5 Å². The molecule has 164 valence electrons. The van der Waals surface area contributed by atoms with Crippen LogP contribution in [0, 0.1) is 6.92 Å². The summed E-state index contributed by atoms with van der Waals surface area (Å²) in [5.74, 6) is 2.26. The molecule has 0 bridgehead atoms. The zero-order valence-corrected chi connectivity index (χ0v) is 18.6. The molecule has 2 aromatic carbocycles. The molecule has 2 heterocycles. The normalized spacial score (nSPS) is 13.7. The van der Waals surface area contributed by atoms with E-state index in [0.29, 0.717) is 12.3 Å². The lowest BCUT2D eigenvalue weighted by Crippen LogP contribution is -2.32. The molecule has 1 aromatic heterocycles. The Morgan fingerprint density at radius 2 is 1.90 bits per heavy atom. The first-order valence-electron chi connectivity index (χ1n) is 10.7. The standard InChI is InChI=1S/C25H29NO5/c1-5-6-7-18-12-23(27)31-25-16(2)24-19(11-20(18)25)14-26(15-30-24)13-17-8-9-21(28-3)22(10-17)29-4/h8-12H,5-7,13-15H2,1-4H3. The number of nitrogens with zero attached hydrogens (tertiary/aromatic N) is 1. The van der Waals surface area contributed by atoms with Gasteiger partial charge in [0.05, 0.1) is 14.2 Å². The summed E-state index contributed by atoms with van der Waals surface area (Å²) in [6.07, 6.45) is 2.98. The molecule has 6 nitrogen and oxygen atoms in total. The smallest absolute Gasteiger partial charge is 0.336 e. The van der Waals surface area contributed by atoms with Crippen LogP contribution >= 0.6 is 0 Å². The summed E-state index contributed by atoms with van der Waals surface area (Å²) in [5.41, 5.74) is 4.53. The van der Waals surface area contributed by atoms with Gasteiger partial charge in [-0.1, -0.05) is 19.4 Å². The highest BCUT2D eigenvalue weighted by Crippen LogP contribution is 2.36. The van der Waals surface area contributed by atoms with Crippen molar-refractivity contribution in [2.45, 2.75) is 46.2 Å². The number of unbranched alkanes of at least 4 members (excludes halogenated alkanes) is 1. The number of ether oxygens (including phenoxy) is 3. The molecule has 4 rings (SSSR count). The monoisotopic (exact) mass is 423 g/mol. The number of rotatable bonds is 7. The minimum Gasteiger partial charge on any atom is -0.493 e. The highest BCUT2D eigenvalue weighted by Gasteiger charge is 2.23. The van der Waals surface area contributed by atoms with Gasteiger partial charge in [-0.3, -0.25) is 4.90 Å². The van der Waals surface area contributed by atoms with Crippen LogP contribution in [0.4, 0.5) is 0 Å². The van der Waals surface area contributed by atoms with E-state index >= 15 is 0 Å². The molecule has 0 radical (unpaired) electrons. The summed E-state index contributed by atoms with van der Waals surface area (Å²) in [4.78, 5) is 14.3. The van der Waals surface area contributed by atoms with E-state index in [1.807, 2.05) is 25.1 Å². The third kappa shape index (κ3) is 4.26. The minimum absolute atomic E-state index is 0.299. The topological polar surface area (TPSA) is 61.1 Å². The average molecular weight is 424 g/mol. The van der Waals surface area contributed by atoms with Crippen LogP contribution in [0.15, 0.2) is 39.5 Å². The van der Waals surface area contributed by atoms with Crippen molar-refractivity contribution in [2.24, 2.45) is 0 Å². The summed E-state index contributed by atoms with van der Waals surface area (Å²) in [7, 11) is 3.28. The second-order valence-corrected chi connectivity index (χ2v) is 8.01. The molecule has 0 N–H and O–H groups in total. The van der Waals surface area contributed by atoms with Crippen LogP contribution in [0.25, 0.3) is 11.0 Å². The summed E-state index contributed by atoms with van der Waals surface area (Å²) >= 11 is 0. The minimum atomic E-state index is -0.299. The Bertz CT molecular complexity index is 1150. The van der Waals surface area contributed by atoms with Crippen LogP contribution in [0.1, 0.15) is 42.0 Å². The van der Waals surface area contributed by atoms with E-state index in [2.05, 4.69) is 17.9 Å². The van der Waals surface area contributed by atoms with Crippen molar-refractivity contribution < 1.29 is 18.6 Å². The molecular weight excluding hydrogens is 394 g/mol. The van der Waals surface area contributed by atoms with Gasteiger partial charge in [0.25, 0.3) is 0 Å². The van der Waals surface area contributed by atoms with Gasteiger partial charge in [-0.15, -0.1) is 0 Å². The number of aryl methyl sites for hydroxylation is 2. The molecule has 0 spiro atoms. The van der Waals surface area contributed by atoms with Crippen LogP contribution in [-0.4, -0.2) is 25.9 Å². The number of methoxy groups -OCH3 is 2. The lowest BCUT2D eigenvalue weighted by atomic mass is 9.98. The van der Waals surface area contributed by atoms with E-state index in [0.717, 1.165) is 77.2 Å². The van der Waals surface area contributed by atoms with Crippen LogP contribution in [0.2, 0.25) is 0 Å². The molecule has 0 amide bonds. The zero-order chi connectivity index (χ0) is 22.0. The number of benzene rings is 2. The number of fused-ring (bicyclic) bond motifs is 2. The van der Waals surface area contributed by atoms with Gasteiger partial charge >= 0.3 is 5.63 Å². The van der Waals surface area contributed by atoms with Crippen molar-refractivity contribution in [3.05, 3.63) is 63.0 Å². The maximum Gasteiger partial charge on any atom is 0.336 e. The first kappa shape index (κ1) is 21.2. The fourth-order valence-corrected chi connectivity index (χ4v) is 4.24. The van der Waals surface area contributed by atoms with Gasteiger partial charge in [-0.05, 0) is 49.1 Å². The SMILES string of the molecule is CCCCc1cc(=O)oc2c(C)c3c(cc12)CN(Cc1ccc(OC)c(OC)c1)CO3. The molecule has 31 heavy (non-hydrogen) atoms. The maximum atomic E-state index is 12.1. The predicted molar refractivity (Wildman–Crippen MR) is 120 cm³/mol. The van der Waals surface area contributed by atoms with Gasteiger partial charge in [0.1, 0.15) is 18.1 Å². The Labute approximate surface area is 182 Å². The summed E-state index contributed by atoms with van der Waals surface area (Å²) in [6.45, 7) is 6.07. The average Bonchev–Trinajstić information content (AvgIpc) is 2.78. The Balaban J connectivity index is 1.65. The van der Waals surface area contributed by atoms with Gasteiger partial charge in [-0.25, -0.2) is 4.79 Å². The Morgan fingerprint density at radius 3 is 2.65 bits per heavy atom. The van der Waals surface area contributed by atoms with Crippen molar-refractivity contribution >= 4 is 11.0 Å². The van der Waals surface area contributed by atoms with E-state index in [4.69, 9.17) is 18.6 Å². The molecule has 0 aliphatic carbocycles. The Morgan fingerprint density at radius 1 is 1.10 bits per heavy atom. The summed E-state index contributed by atoms with van der Waals surface area (Å²) in [5, 5.41) is 1.01. The fourth-order valence-electron chi connectivity index (χ4n) is 4.24. The molecule has 0 saturated carbocycles.